The van der Waals surface area contributed by atoms with Crippen LogP contribution in [0.4, 0.5) is 4.39 Å². The summed E-state index contributed by atoms with van der Waals surface area (Å²) in [5.74, 6) is 0.296. The number of carbonyl (C=O) groups is 2. The number of amides is 2. The lowest BCUT2D eigenvalue weighted by molar-refractivity contribution is -0.135. The van der Waals surface area contributed by atoms with Crippen molar-refractivity contribution in [2.24, 2.45) is 5.92 Å². The number of halogens is 1. The molecule has 0 N–H and O–H groups in total. The van der Waals surface area contributed by atoms with Gasteiger partial charge in [-0.15, -0.1) is 0 Å². The lowest BCUT2D eigenvalue weighted by atomic mass is 10.00. The molecule has 1 aliphatic rings. The van der Waals surface area contributed by atoms with Crippen LogP contribution in [-0.4, -0.2) is 41.2 Å². The molecular weight excluding hydrogens is 295 g/mol. The SMILES string of the molecule is CC(=O)N(CCC(=O)N1CCCC(C)C1)Cc1ccc(F)cc1. The number of hydrogen-bond donors (Lipinski definition) is 0. The fraction of sp³-hybridized carbons (Fsp3) is 0.556. The molecule has 1 fully saturated rings. The Hall–Kier alpha value is -1.91. The van der Waals surface area contributed by atoms with Crippen LogP contribution in [0.15, 0.2) is 24.3 Å². The Morgan fingerprint density at radius 3 is 2.61 bits per heavy atom. The second-order valence-corrected chi connectivity index (χ2v) is 6.40. The Morgan fingerprint density at radius 2 is 2.00 bits per heavy atom. The van der Waals surface area contributed by atoms with Crippen LogP contribution in [0.1, 0.15) is 38.7 Å². The summed E-state index contributed by atoms with van der Waals surface area (Å²) < 4.78 is 12.9. The number of hydrogen-bond acceptors (Lipinski definition) is 2. The van der Waals surface area contributed by atoms with Gasteiger partial charge in [-0.3, -0.25) is 9.59 Å². The summed E-state index contributed by atoms with van der Waals surface area (Å²) in [7, 11) is 0. The third-order valence-electron chi connectivity index (χ3n) is 4.34. The summed E-state index contributed by atoms with van der Waals surface area (Å²) >= 11 is 0. The standard InChI is InChI=1S/C18H25FN2O2/c1-14-4-3-10-21(12-14)18(23)9-11-20(15(2)22)13-16-5-7-17(19)8-6-16/h5-8,14H,3-4,9-13H2,1-2H3. The molecule has 0 spiro atoms. The van der Waals surface area contributed by atoms with Crippen molar-refractivity contribution in [2.45, 2.75) is 39.7 Å². The maximum absolute atomic E-state index is 12.9. The highest BCUT2D eigenvalue weighted by Crippen LogP contribution is 2.16. The van der Waals surface area contributed by atoms with Gasteiger partial charge in [-0.2, -0.15) is 0 Å². The zero-order chi connectivity index (χ0) is 16.8. The second kappa shape index (κ2) is 8.09. The van der Waals surface area contributed by atoms with E-state index in [0.29, 0.717) is 25.4 Å². The Kier molecular flexibility index (Phi) is 6.13. The first-order chi connectivity index (χ1) is 11.0. The molecule has 0 saturated carbocycles. The highest BCUT2D eigenvalue weighted by molar-refractivity contribution is 5.78. The van der Waals surface area contributed by atoms with E-state index >= 15 is 0 Å². The first-order valence-corrected chi connectivity index (χ1v) is 8.23. The van der Waals surface area contributed by atoms with Gasteiger partial charge >= 0.3 is 0 Å². The van der Waals surface area contributed by atoms with E-state index in [2.05, 4.69) is 6.92 Å². The fourth-order valence-electron chi connectivity index (χ4n) is 2.96. The Bertz CT molecular complexity index is 544. The molecule has 0 radical (unpaired) electrons. The topological polar surface area (TPSA) is 40.6 Å². The summed E-state index contributed by atoms with van der Waals surface area (Å²) in [6, 6.07) is 6.10. The van der Waals surface area contributed by atoms with Crippen LogP contribution >= 0.6 is 0 Å². The van der Waals surface area contributed by atoms with Crippen molar-refractivity contribution >= 4 is 11.8 Å². The molecule has 1 saturated heterocycles. The minimum Gasteiger partial charge on any atom is -0.342 e. The van der Waals surface area contributed by atoms with E-state index in [1.807, 2.05) is 4.90 Å². The smallest absolute Gasteiger partial charge is 0.224 e. The number of nitrogens with zero attached hydrogens (tertiary/aromatic N) is 2. The highest BCUT2D eigenvalue weighted by Gasteiger charge is 2.21. The van der Waals surface area contributed by atoms with Crippen LogP contribution in [0.5, 0.6) is 0 Å². The quantitative estimate of drug-likeness (QED) is 0.837. The van der Waals surface area contributed by atoms with Crippen LogP contribution in [-0.2, 0) is 16.1 Å². The highest BCUT2D eigenvalue weighted by atomic mass is 19.1. The van der Waals surface area contributed by atoms with E-state index in [-0.39, 0.29) is 17.6 Å². The molecule has 2 rings (SSSR count). The van der Waals surface area contributed by atoms with Gasteiger partial charge < -0.3 is 9.80 Å². The molecule has 0 aromatic heterocycles. The van der Waals surface area contributed by atoms with Gasteiger partial charge in [-0.25, -0.2) is 4.39 Å². The molecule has 23 heavy (non-hydrogen) atoms. The van der Waals surface area contributed by atoms with E-state index in [9.17, 15) is 14.0 Å². The van der Waals surface area contributed by atoms with Crippen LogP contribution in [0.2, 0.25) is 0 Å². The number of carbonyl (C=O) groups excluding carboxylic acids is 2. The van der Waals surface area contributed by atoms with Gasteiger partial charge in [0.15, 0.2) is 0 Å². The van der Waals surface area contributed by atoms with Crippen LogP contribution in [0.25, 0.3) is 0 Å². The van der Waals surface area contributed by atoms with Crippen molar-refractivity contribution in [2.75, 3.05) is 19.6 Å². The predicted molar refractivity (Wildman–Crippen MR) is 87.1 cm³/mol. The maximum atomic E-state index is 12.9. The van der Waals surface area contributed by atoms with Crippen molar-refractivity contribution < 1.29 is 14.0 Å². The largest absolute Gasteiger partial charge is 0.342 e. The summed E-state index contributed by atoms with van der Waals surface area (Å²) in [5, 5.41) is 0. The molecule has 2 amide bonds. The van der Waals surface area contributed by atoms with Gasteiger partial charge in [0.25, 0.3) is 0 Å². The minimum absolute atomic E-state index is 0.0749. The molecular formula is C18H25FN2O2. The average molecular weight is 320 g/mol. The van der Waals surface area contributed by atoms with Crippen molar-refractivity contribution in [3.05, 3.63) is 35.6 Å². The number of likely N-dealkylation sites (tertiary alicyclic amines) is 1. The van der Waals surface area contributed by atoms with Crippen molar-refractivity contribution in [1.82, 2.24) is 9.80 Å². The zero-order valence-electron chi connectivity index (χ0n) is 13.9. The summed E-state index contributed by atoms with van der Waals surface area (Å²) in [6.07, 6.45) is 2.57. The van der Waals surface area contributed by atoms with E-state index in [1.54, 1.807) is 17.0 Å². The van der Waals surface area contributed by atoms with Gasteiger partial charge in [-0.1, -0.05) is 19.1 Å². The molecule has 0 aliphatic carbocycles. The summed E-state index contributed by atoms with van der Waals surface area (Å²) in [4.78, 5) is 27.6. The number of piperidine rings is 1. The van der Waals surface area contributed by atoms with E-state index in [1.165, 1.54) is 25.5 Å². The summed E-state index contributed by atoms with van der Waals surface area (Å²) in [5.41, 5.74) is 0.862. The van der Waals surface area contributed by atoms with Gasteiger partial charge in [0.1, 0.15) is 5.82 Å². The van der Waals surface area contributed by atoms with Gasteiger partial charge in [0.05, 0.1) is 0 Å². The molecule has 1 aromatic carbocycles. The first-order valence-electron chi connectivity index (χ1n) is 8.23. The molecule has 1 aromatic rings. The van der Waals surface area contributed by atoms with Gasteiger partial charge in [0, 0.05) is 39.5 Å². The van der Waals surface area contributed by atoms with Crippen LogP contribution in [0.3, 0.4) is 0 Å². The molecule has 1 aliphatic heterocycles. The molecule has 126 valence electrons. The lowest BCUT2D eigenvalue weighted by Gasteiger charge is -2.31. The third kappa shape index (κ3) is 5.34. The lowest BCUT2D eigenvalue weighted by Crippen LogP contribution is -2.41. The van der Waals surface area contributed by atoms with Gasteiger partial charge in [0.2, 0.25) is 11.8 Å². The zero-order valence-corrected chi connectivity index (χ0v) is 13.9. The Morgan fingerprint density at radius 1 is 1.30 bits per heavy atom. The van der Waals surface area contributed by atoms with E-state index in [4.69, 9.17) is 0 Å². The molecule has 0 bridgehead atoms. The van der Waals surface area contributed by atoms with Crippen molar-refractivity contribution in [3.8, 4) is 0 Å². The Labute approximate surface area is 137 Å². The van der Waals surface area contributed by atoms with E-state index in [0.717, 1.165) is 25.1 Å². The predicted octanol–water partition coefficient (Wildman–Crippen LogP) is 2.82. The summed E-state index contributed by atoms with van der Waals surface area (Å²) in [6.45, 7) is 6.10. The minimum atomic E-state index is -0.294. The Balaban J connectivity index is 1.88. The number of rotatable bonds is 5. The maximum Gasteiger partial charge on any atom is 0.224 e. The average Bonchev–Trinajstić information content (AvgIpc) is 2.52. The molecule has 1 atom stereocenters. The van der Waals surface area contributed by atoms with Gasteiger partial charge in [-0.05, 0) is 36.5 Å². The third-order valence-corrected chi connectivity index (χ3v) is 4.34. The number of benzene rings is 1. The molecule has 5 heteroatoms. The monoisotopic (exact) mass is 320 g/mol. The second-order valence-electron chi connectivity index (χ2n) is 6.40. The van der Waals surface area contributed by atoms with E-state index < -0.39 is 0 Å². The van der Waals surface area contributed by atoms with Crippen molar-refractivity contribution in [1.29, 1.82) is 0 Å². The fourth-order valence-corrected chi connectivity index (χ4v) is 2.96. The molecule has 1 heterocycles. The normalized spacial score (nSPS) is 17.9. The molecule has 1 unspecified atom stereocenters. The van der Waals surface area contributed by atoms with Crippen molar-refractivity contribution in [3.63, 3.8) is 0 Å². The van der Waals surface area contributed by atoms with Crippen LogP contribution in [0, 0.1) is 11.7 Å². The first kappa shape index (κ1) is 17.4. The molecule has 4 nitrogen and oxygen atoms in total. The van der Waals surface area contributed by atoms with Crippen LogP contribution < -0.4 is 0 Å².